The van der Waals surface area contributed by atoms with Gasteiger partial charge in [0.2, 0.25) is 5.91 Å². The minimum absolute atomic E-state index is 0.101. The van der Waals surface area contributed by atoms with Gasteiger partial charge in [-0.2, -0.15) is 0 Å². The van der Waals surface area contributed by atoms with Crippen LogP contribution in [-0.2, 0) is 16.6 Å². The Labute approximate surface area is 249 Å². The van der Waals surface area contributed by atoms with Crippen molar-refractivity contribution in [3.63, 3.8) is 0 Å². The quantitative estimate of drug-likeness (QED) is 0.283. The highest BCUT2D eigenvalue weighted by Crippen LogP contribution is 2.45. The van der Waals surface area contributed by atoms with Crippen LogP contribution >= 0.6 is 0 Å². The fourth-order valence-corrected chi connectivity index (χ4v) is 8.35. The zero-order valence-corrected chi connectivity index (χ0v) is 24.7. The third kappa shape index (κ3) is 5.11. The van der Waals surface area contributed by atoms with Gasteiger partial charge in [-0.15, -0.1) is 0 Å². The number of aryl methyl sites for hydroxylation is 1. The summed E-state index contributed by atoms with van der Waals surface area (Å²) in [6, 6.07) is 28.5. The number of benzene rings is 3. The summed E-state index contributed by atoms with van der Waals surface area (Å²) < 4.78 is 2.52. The van der Waals surface area contributed by atoms with Gasteiger partial charge in [-0.25, -0.2) is 4.98 Å². The molecule has 6 heteroatoms. The van der Waals surface area contributed by atoms with E-state index < -0.39 is 0 Å². The van der Waals surface area contributed by atoms with Gasteiger partial charge in [-0.1, -0.05) is 54.6 Å². The van der Waals surface area contributed by atoms with Crippen molar-refractivity contribution in [1.29, 1.82) is 0 Å². The normalized spacial score (nSPS) is 23.8. The van der Waals surface area contributed by atoms with Crippen molar-refractivity contribution in [3.8, 4) is 5.75 Å². The van der Waals surface area contributed by atoms with E-state index in [9.17, 15) is 9.90 Å². The lowest BCUT2D eigenvalue weighted by molar-refractivity contribution is -0.132. The second kappa shape index (κ2) is 11.2. The maximum absolute atomic E-state index is 13.2. The van der Waals surface area contributed by atoms with E-state index in [0.717, 1.165) is 55.8 Å². The third-order valence-corrected chi connectivity index (χ3v) is 10.6. The standard InChI is InChI=1S/C36H42N4O2/c1-26-37-33-9-5-6-10-34(33)40(26)31-24-29-13-14-30(25-31)39(29)22-19-36(28-7-3-2-4-8-28)17-20-38(21-18-36)35(42)23-27-11-15-32(41)16-12-27/h2-12,15-16,29-31,41H,13-14,17-25H2,1H3/t29-,30+,31+. The van der Waals surface area contributed by atoms with E-state index in [-0.39, 0.29) is 17.1 Å². The maximum atomic E-state index is 13.2. The van der Waals surface area contributed by atoms with Gasteiger partial charge >= 0.3 is 0 Å². The summed E-state index contributed by atoms with van der Waals surface area (Å²) in [5.74, 6) is 1.56. The largest absolute Gasteiger partial charge is 0.508 e. The summed E-state index contributed by atoms with van der Waals surface area (Å²) in [5, 5.41) is 9.59. The van der Waals surface area contributed by atoms with Gasteiger partial charge in [0.1, 0.15) is 11.6 Å². The summed E-state index contributed by atoms with van der Waals surface area (Å²) in [6.07, 6.45) is 8.54. The minimum atomic E-state index is 0.101. The third-order valence-electron chi connectivity index (χ3n) is 10.6. The molecule has 1 aromatic heterocycles. The van der Waals surface area contributed by atoms with E-state index in [1.54, 1.807) is 12.1 Å². The number of aromatic hydroxyl groups is 1. The first-order valence-corrected chi connectivity index (χ1v) is 15.8. The van der Waals surface area contributed by atoms with Gasteiger partial charge in [0.05, 0.1) is 17.5 Å². The molecule has 1 N–H and O–H groups in total. The number of hydrogen-bond donors (Lipinski definition) is 1. The van der Waals surface area contributed by atoms with Gasteiger partial charge in [0.15, 0.2) is 0 Å². The summed E-state index contributed by atoms with van der Waals surface area (Å²) in [4.78, 5) is 23.0. The highest BCUT2D eigenvalue weighted by atomic mass is 16.3. The molecule has 0 aliphatic carbocycles. The Bertz CT molecular complexity index is 1520. The van der Waals surface area contributed by atoms with Gasteiger partial charge in [0.25, 0.3) is 0 Å². The Balaban J connectivity index is 1.03. The van der Waals surface area contributed by atoms with E-state index in [0.29, 0.717) is 24.5 Å². The van der Waals surface area contributed by atoms with Crippen LogP contribution in [0.25, 0.3) is 11.0 Å². The molecule has 3 saturated heterocycles. The van der Waals surface area contributed by atoms with Crippen molar-refractivity contribution < 1.29 is 9.90 Å². The Morgan fingerprint density at radius 3 is 2.26 bits per heavy atom. The zero-order valence-electron chi connectivity index (χ0n) is 24.7. The molecule has 42 heavy (non-hydrogen) atoms. The smallest absolute Gasteiger partial charge is 0.226 e. The molecule has 3 atom stereocenters. The Morgan fingerprint density at radius 2 is 1.55 bits per heavy atom. The van der Waals surface area contributed by atoms with Crippen molar-refractivity contribution in [1.82, 2.24) is 19.4 Å². The van der Waals surface area contributed by atoms with E-state index in [1.807, 2.05) is 12.1 Å². The number of piperidine rings is 2. The van der Waals surface area contributed by atoms with Crippen LogP contribution in [0.15, 0.2) is 78.9 Å². The molecule has 7 rings (SSSR count). The van der Waals surface area contributed by atoms with Crippen molar-refractivity contribution in [2.24, 2.45) is 0 Å². The van der Waals surface area contributed by atoms with Crippen LogP contribution in [0.3, 0.4) is 0 Å². The molecule has 1 amide bonds. The number of para-hydroxylation sites is 2. The van der Waals surface area contributed by atoms with Crippen LogP contribution < -0.4 is 0 Å². The number of carbonyl (C=O) groups is 1. The van der Waals surface area contributed by atoms with E-state index in [4.69, 9.17) is 4.98 Å². The second-order valence-corrected chi connectivity index (χ2v) is 12.9. The first-order valence-electron chi connectivity index (χ1n) is 15.8. The number of hydrogen-bond acceptors (Lipinski definition) is 4. The van der Waals surface area contributed by atoms with Gasteiger partial charge in [-0.05, 0) is 99.2 Å². The first-order chi connectivity index (χ1) is 20.5. The number of likely N-dealkylation sites (tertiary alicyclic amines) is 1. The first kappa shape index (κ1) is 27.2. The summed E-state index contributed by atoms with van der Waals surface area (Å²) in [5.41, 5.74) is 4.88. The zero-order chi connectivity index (χ0) is 28.7. The van der Waals surface area contributed by atoms with Gasteiger partial charge < -0.3 is 14.6 Å². The van der Waals surface area contributed by atoms with Crippen molar-refractivity contribution in [2.45, 2.75) is 81.8 Å². The average Bonchev–Trinajstić information content (AvgIpc) is 3.48. The second-order valence-electron chi connectivity index (χ2n) is 12.9. The highest BCUT2D eigenvalue weighted by molar-refractivity contribution is 5.79. The van der Waals surface area contributed by atoms with Crippen LogP contribution in [0.4, 0.5) is 0 Å². The molecule has 3 aliphatic heterocycles. The fourth-order valence-electron chi connectivity index (χ4n) is 8.35. The molecule has 0 radical (unpaired) electrons. The topological polar surface area (TPSA) is 61.6 Å². The Kier molecular flexibility index (Phi) is 7.27. The van der Waals surface area contributed by atoms with E-state index in [2.05, 4.69) is 75.9 Å². The molecule has 218 valence electrons. The molecule has 0 unspecified atom stereocenters. The van der Waals surface area contributed by atoms with Crippen molar-refractivity contribution in [2.75, 3.05) is 19.6 Å². The lowest BCUT2D eigenvalue weighted by atomic mass is 9.70. The molecule has 6 nitrogen and oxygen atoms in total. The molecular formula is C36H42N4O2. The van der Waals surface area contributed by atoms with Crippen LogP contribution in [0.1, 0.15) is 67.9 Å². The lowest BCUT2D eigenvalue weighted by Gasteiger charge is -2.45. The Morgan fingerprint density at radius 1 is 0.881 bits per heavy atom. The number of fused-ring (bicyclic) bond motifs is 3. The summed E-state index contributed by atoms with van der Waals surface area (Å²) in [7, 11) is 0. The molecule has 4 heterocycles. The predicted molar refractivity (Wildman–Crippen MR) is 167 cm³/mol. The average molecular weight is 563 g/mol. The number of aromatic nitrogens is 2. The minimum Gasteiger partial charge on any atom is -0.508 e. The van der Waals surface area contributed by atoms with Crippen molar-refractivity contribution in [3.05, 3.63) is 95.8 Å². The number of rotatable bonds is 7. The summed E-state index contributed by atoms with van der Waals surface area (Å²) >= 11 is 0. The van der Waals surface area contributed by atoms with Crippen molar-refractivity contribution >= 4 is 16.9 Å². The van der Waals surface area contributed by atoms with E-state index in [1.165, 1.54) is 36.8 Å². The van der Waals surface area contributed by atoms with Crippen LogP contribution in [-0.4, -0.2) is 62.1 Å². The maximum Gasteiger partial charge on any atom is 0.226 e. The number of phenolic OH excluding ortho intramolecular Hbond substituents is 1. The SMILES string of the molecule is Cc1nc2ccccc2n1[C@H]1C[C@H]2CC[C@@H](C1)N2CCC1(c2ccccc2)CCN(C(=O)Cc2ccc(O)cc2)CC1. The van der Waals surface area contributed by atoms with E-state index >= 15 is 0 Å². The lowest BCUT2D eigenvalue weighted by Crippen LogP contribution is -2.49. The number of amides is 1. The molecule has 3 aromatic carbocycles. The number of phenols is 1. The fraction of sp³-hybridized carbons (Fsp3) is 0.444. The molecule has 3 fully saturated rings. The number of carbonyl (C=O) groups excluding carboxylic acids is 1. The van der Waals surface area contributed by atoms with Gasteiger partial charge in [0, 0.05) is 31.2 Å². The Hall–Kier alpha value is -3.64. The molecule has 0 spiro atoms. The molecule has 2 bridgehead atoms. The molecular weight excluding hydrogens is 520 g/mol. The monoisotopic (exact) mass is 562 g/mol. The molecule has 4 aromatic rings. The molecule has 3 aliphatic rings. The predicted octanol–water partition coefficient (Wildman–Crippen LogP) is 6.41. The number of imidazole rings is 1. The van der Waals surface area contributed by atoms with Crippen LogP contribution in [0, 0.1) is 6.92 Å². The summed E-state index contributed by atoms with van der Waals surface area (Å²) in [6.45, 7) is 4.89. The highest BCUT2D eigenvalue weighted by Gasteiger charge is 2.44. The molecule has 0 saturated carbocycles. The van der Waals surface area contributed by atoms with Crippen LogP contribution in [0.5, 0.6) is 5.75 Å². The van der Waals surface area contributed by atoms with Gasteiger partial charge in [-0.3, -0.25) is 9.69 Å². The van der Waals surface area contributed by atoms with Crippen LogP contribution in [0.2, 0.25) is 0 Å². The number of nitrogens with zero attached hydrogens (tertiary/aromatic N) is 4.